The molecule has 1 saturated carbocycles. The minimum Gasteiger partial charge on any atom is -0.322 e. The summed E-state index contributed by atoms with van der Waals surface area (Å²) in [5.74, 6) is -0.909. The fourth-order valence-electron chi connectivity index (χ4n) is 3.45. The molecule has 3 rings (SSSR count). The summed E-state index contributed by atoms with van der Waals surface area (Å²) in [6.07, 6.45) is 6.25. The van der Waals surface area contributed by atoms with Gasteiger partial charge in [0.15, 0.2) is 5.15 Å². The largest absolute Gasteiger partial charge is 0.322 e. The van der Waals surface area contributed by atoms with Crippen LogP contribution in [0.3, 0.4) is 0 Å². The van der Waals surface area contributed by atoms with E-state index in [9.17, 15) is 14.4 Å². The van der Waals surface area contributed by atoms with E-state index < -0.39 is 11.3 Å². The molecule has 122 valence electrons. The van der Waals surface area contributed by atoms with Crippen LogP contribution in [0.1, 0.15) is 38.5 Å². The summed E-state index contributed by atoms with van der Waals surface area (Å²) in [4.78, 5) is 41.9. The predicted molar refractivity (Wildman–Crippen MR) is 84.7 cm³/mol. The van der Waals surface area contributed by atoms with Crippen molar-refractivity contribution < 1.29 is 14.4 Å². The lowest BCUT2D eigenvalue weighted by atomic mass is 9.73. The van der Waals surface area contributed by atoms with E-state index in [1.807, 2.05) is 0 Å². The van der Waals surface area contributed by atoms with Crippen molar-refractivity contribution in [1.29, 1.82) is 0 Å². The molecule has 1 aliphatic heterocycles. The maximum absolute atomic E-state index is 12.6. The second kappa shape index (κ2) is 6.28. The van der Waals surface area contributed by atoms with Crippen molar-refractivity contribution in [1.82, 2.24) is 9.88 Å². The second-order valence-corrected chi connectivity index (χ2v) is 6.55. The normalized spacial score (nSPS) is 20.1. The van der Waals surface area contributed by atoms with E-state index in [-0.39, 0.29) is 29.9 Å². The quantitative estimate of drug-likeness (QED) is 0.679. The fourth-order valence-corrected chi connectivity index (χ4v) is 3.62. The Labute approximate surface area is 139 Å². The zero-order valence-electron chi connectivity index (χ0n) is 12.7. The molecule has 1 aliphatic carbocycles. The highest BCUT2D eigenvalue weighted by Crippen LogP contribution is 2.45. The summed E-state index contributed by atoms with van der Waals surface area (Å²) in [5.41, 5.74) is -0.202. The summed E-state index contributed by atoms with van der Waals surface area (Å²) in [5, 5.41) is 2.76. The summed E-state index contributed by atoms with van der Waals surface area (Å²) < 4.78 is 0. The molecule has 7 heteroatoms. The molecule has 0 unspecified atom stereocenters. The van der Waals surface area contributed by atoms with Gasteiger partial charge in [-0.1, -0.05) is 30.9 Å². The number of amides is 3. The molecule has 1 saturated heterocycles. The Morgan fingerprint density at radius 3 is 2.74 bits per heavy atom. The third-order valence-corrected chi connectivity index (χ3v) is 4.94. The Morgan fingerprint density at radius 2 is 2.04 bits per heavy atom. The van der Waals surface area contributed by atoms with Crippen LogP contribution in [-0.4, -0.2) is 34.2 Å². The van der Waals surface area contributed by atoms with Gasteiger partial charge in [-0.15, -0.1) is 0 Å². The van der Waals surface area contributed by atoms with E-state index in [0.717, 1.165) is 37.0 Å². The van der Waals surface area contributed by atoms with Gasteiger partial charge in [-0.05, 0) is 25.0 Å². The number of nitrogens with one attached hydrogen (secondary N) is 1. The Morgan fingerprint density at radius 1 is 1.30 bits per heavy atom. The van der Waals surface area contributed by atoms with Crippen LogP contribution in [0, 0.1) is 5.41 Å². The van der Waals surface area contributed by atoms with Gasteiger partial charge in [-0.25, -0.2) is 4.98 Å². The summed E-state index contributed by atoms with van der Waals surface area (Å²) in [6.45, 7) is -0.273. The number of pyridine rings is 1. The molecule has 0 radical (unpaired) electrons. The first-order valence-electron chi connectivity index (χ1n) is 7.77. The van der Waals surface area contributed by atoms with E-state index in [1.165, 1.54) is 6.20 Å². The van der Waals surface area contributed by atoms with Crippen molar-refractivity contribution in [2.45, 2.75) is 38.5 Å². The standard InChI is InChI=1S/C16H18ClN3O3/c17-14-11(5-4-8-18-14)19-12(21)10-20-13(22)9-16(15(20)23)6-2-1-3-7-16/h4-5,8H,1-3,6-7,9-10H2,(H,19,21). The lowest BCUT2D eigenvalue weighted by Gasteiger charge is -2.30. The molecule has 2 aliphatic rings. The summed E-state index contributed by atoms with van der Waals surface area (Å²) in [7, 11) is 0. The van der Waals surface area contributed by atoms with Gasteiger partial charge >= 0.3 is 0 Å². The van der Waals surface area contributed by atoms with Gasteiger partial charge in [-0.2, -0.15) is 0 Å². The van der Waals surface area contributed by atoms with Gasteiger partial charge in [-0.3, -0.25) is 19.3 Å². The molecule has 0 atom stereocenters. The first-order valence-corrected chi connectivity index (χ1v) is 8.15. The van der Waals surface area contributed by atoms with Gasteiger partial charge in [0, 0.05) is 12.6 Å². The first-order chi connectivity index (χ1) is 11.0. The number of aromatic nitrogens is 1. The lowest BCUT2D eigenvalue weighted by molar-refractivity contribution is -0.144. The van der Waals surface area contributed by atoms with E-state index in [0.29, 0.717) is 5.69 Å². The Hall–Kier alpha value is -1.95. The van der Waals surface area contributed by atoms with Crippen LogP contribution in [0.15, 0.2) is 18.3 Å². The number of rotatable bonds is 3. The van der Waals surface area contributed by atoms with Crippen molar-refractivity contribution in [3.63, 3.8) is 0 Å². The Bertz CT molecular complexity index is 656. The molecule has 1 spiro atoms. The summed E-state index contributed by atoms with van der Waals surface area (Å²) >= 11 is 5.89. The lowest BCUT2D eigenvalue weighted by Crippen LogP contribution is -2.41. The van der Waals surface area contributed by atoms with Crippen molar-refractivity contribution in [3.8, 4) is 0 Å². The highest BCUT2D eigenvalue weighted by Gasteiger charge is 2.51. The number of carbonyl (C=O) groups is 3. The van der Waals surface area contributed by atoms with Gasteiger partial charge in [0.1, 0.15) is 6.54 Å². The number of likely N-dealkylation sites (tertiary alicyclic amines) is 1. The Balaban J connectivity index is 1.68. The molecule has 1 N–H and O–H groups in total. The van der Waals surface area contributed by atoms with E-state index in [1.54, 1.807) is 12.1 Å². The fraction of sp³-hybridized carbons (Fsp3) is 0.500. The molecule has 0 aromatic carbocycles. The molecule has 2 fully saturated rings. The van der Waals surface area contributed by atoms with Crippen LogP contribution < -0.4 is 5.32 Å². The minimum atomic E-state index is -0.568. The van der Waals surface area contributed by atoms with Crippen molar-refractivity contribution in [2.75, 3.05) is 11.9 Å². The van der Waals surface area contributed by atoms with Gasteiger partial charge in [0.25, 0.3) is 0 Å². The van der Waals surface area contributed by atoms with Crippen LogP contribution >= 0.6 is 11.6 Å². The number of halogens is 1. The molecule has 1 aromatic heterocycles. The van der Waals surface area contributed by atoms with Crippen LogP contribution in [0.25, 0.3) is 0 Å². The Kier molecular flexibility index (Phi) is 4.35. The first kappa shape index (κ1) is 15.9. The number of nitrogens with zero attached hydrogens (tertiary/aromatic N) is 2. The van der Waals surface area contributed by atoms with Crippen LogP contribution in [-0.2, 0) is 14.4 Å². The van der Waals surface area contributed by atoms with Crippen molar-refractivity contribution in [2.24, 2.45) is 5.41 Å². The number of carbonyl (C=O) groups excluding carboxylic acids is 3. The molecule has 0 bridgehead atoms. The maximum Gasteiger partial charge on any atom is 0.244 e. The number of hydrogen-bond acceptors (Lipinski definition) is 4. The molecule has 1 aromatic rings. The molecule has 2 heterocycles. The predicted octanol–water partition coefficient (Wildman–Crippen LogP) is 2.38. The maximum atomic E-state index is 12.6. The van der Waals surface area contributed by atoms with E-state index in [2.05, 4.69) is 10.3 Å². The molecule has 3 amide bonds. The third-order valence-electron chi connectivity index (χ3n) is 4.64. The van der Waals surface area contributed by atoms with Crippen molar-refractivity contribution in [3.05, 3.63) is 23.5 Å². The molecule has 6 nitrogen and oxygen atoms in total. The average Bonchev–Trinajstić information content (AvgIpc) is 2.75. The topological polar surface area (TPSA) is 79.4 Å². The number of imide groups is 1. The van der Waals surface area contributed by atoms with Gasteiger partial charge in [0.05, 0.1) is 11.1 Å². The number of anilines is 1. The highest BCUT2D eigenvalue weighted by atomic mass is 35.5. The molecular formula is C16H18ClN3O3. The van der Waals surface area contributed by atoms with E-state index in [4.69, 9.17) is 11.6 Å². The van der Waals surface area contributed by atoms with E-state index >= 15 is 0 Å². The highest BCUT2D eigenvalue weighted by molar-refractivity contribution is 6.32. The van der Waals surface area contributed by atoms with Crippen LogP contribution in [0.2, 0.25) is 5.15 Å². The summed E-state index contributed by atoms with van der Waals surface area (Å²) in [6, 6.07) is 3.26. The average molecular weight is 336 g/mol. The third kappa shape index (κ3) is 3.08. The SMILES string of the molecule is O=C(CN1C(=O)CC2(CCCCC2)C1=O)Nc1cccnc1Cl. The smallest absolute Gasteiger partial charge is 0.244 e. The zero-order chi connectivity index (χ0) is 16.4. The number of hydrogen-bond donors (Lipinski definition) is 1. The zero-order valence-corrected chi connectivity index (χ0v) is 13.4. The second-order valence-electron chi connectivity index (χ2n) is 6.19. The molecular weight excluding hydrogens is 318 g/mol. The van der Waals surface area contributed by atoms with Gasteiger partial charge in [0.2, 0.25) is 17.7 Å². The van der Waals surface area contributed by atoms with Crippen molar-refractivity contribution >= 4 is 35.0 Å². The van der Waals surface area contributed by atoms with Crippen LogP contribution in [0.5, 0.6) is 0 Å². The monoisotopic (exact) mass is 335 g/mol. The van der Waals surface area contributed by atoms with Crippen LogP contribution in [0.4, 0.5) is 5.69 Å². The molecule has 23 heavy (non-hydrogen) atoms. The minimum absolute atomic E-state index is 0.170. The van der Waals surface area contributed by atoms with Gasteiger partial charge < -0.3 is 5.32 Å².